The molecule has 0 saturated heterocycles. The first-order valence-corrected chi connectivity index (χ1v) is 10.2. The Morgan fingerprint density at radius 1 is 0.800 bits per heavy atom. The molecule has 136 valence electrons. The molecule has 1 unspecified atom stereocenters. The van der Waals surface area contributed by atoms with Gasteiger partial charge in [-0.15, -0.1) is 0 Å². The normalized spacial score (nSPS) is 13.2. The fourth-order valence-electron chi connectivity index (χ4n) is 1.91. The molecule has 0 spiro atoms. The van der Waals surface area contributed by atoms with E-state index in [4.69, 9.17) is 19.8 Å². The summed E-state index contributed by atoms with van der Waals surface area (Å²) in [5, 5.41) is 10.0. The maximum absolute atomic E-state index is 11.2. The van der Waals surface area contributed by atoms with Crippen molar-refractivity contribution in [3.63, 3.8) is 0 Å². The fourth-order valence-corrected chi connectivity index (χ4v) is 2.94. The van der Waals surface area contributed by atoms with Gasteiger partial charge in [0.15, 0.2) is 0 Å². The number of benzene rings is 2. The molecule has 0 aliphatic heterocycles. The molecular formula is C15H18N2O6S2. The first-order chi connectivity index (χ1) is 11.6. The van der Waals surface area contributed by atoms with E-state index < -0.39 is 20.0 Å². The predicted molar refractivity (Wildman–Crippen MR) is 91.2 cm³/mol. The molecule has 8 nitrogen and oxygen atoms in total. The summed E-state index contributed by atoms with van der Waals surface area (Å²) < 4.78 is 55.8. The van der Waals surface area contributed by atoms with Crippen molar-refractivity contribution in [2.24, 2.45) is 10.3 Å². The van der Waals surface area contributed by atoms with Crippen molar-refractivity contribution >= 4 is 20.0 Å². The summed E-state index contributed by atoms with van der Waals surface area (Å²) in [6.45, 7) is 1.97. The summed E-state index contributed by atoms with van der Waals surface area (Å²) in [5.74, 6) is 0.931. The molecule has 2 aromatic carbocycles. The lowest BCUT2D eigenvalue weighted by molar-refractivity contribution is 0.143. The Bertz CT molecular complexity index is 923. The van der Waals surface area contributed by atoms with Gasteiger partial charge in [-0.3, -0.25) is 0 Å². The molecule has 25 heavy (non-hydrogen) atoms. The van der Waals surface area contributed by atoms with Crippen molar-refractivity contribution in [3.8, 4) is 11.5 Å². The van der Waals surface area contributed by atoms with Crippen LogP contribution in [0.2, 0.25) is 0 Å². The van der Waals surface area contributed by atoms with E-state index >= 15 is 0 Å². The van der Waals surface area contributed by atoms with Crippen LogP contribution in [0.25, 0.3) is 0 Å². The van der Waals surface area contributed by atoms with E-state index in [1.165, 1.54) is 48.5 Å². The predicted octanol–water partition coefficient (Wildman–Crippen LogP) is 0.828. The summed E-state index contributed by atoms with van der Waals surface area (Å²) in [6, 6.07) is 11.4. The molecule has 0 bridgehead atoms. The van der Waals surface area contributed by atoms with Crippen LogP contribution in [-0.2, 0) is 20.0 Å². The van der Waals surface area contributed by atoms with Gasteiger partial charge in [0.2, 0.25) is 20.0 Å². The van der Waals surface area contributed by atoms with Crippen LogP contribution in [0, 0.1) is 0 Å². The Balaban J connectivity index is 1.91. The third-order valence-electron chi connectivity index (χ3n) is 3.13. The van der Waals surface area contributed by atoms with Crippen LogP contribution in [0.4, 0.5) is 0 Å². The highest BCUT2D eigenvalue weighted by Crippen LogP contribution is 2.18. The molecule has 10 heteroatoms. The second-order valence-electron chi connectivity index (χ2n) is 5.27. The third kappa shape index (κ3) is 5.71. The van der Waals surface area contributed by atoms with Crippen molar-refractivity contribution in [2.75, 3.05) is 6.61 Å². The first-order valence-electron chi connectivity index (χ1n) is 7.11. The van der Waals surface area contributed by atoms with Crippen molar-refractivity contribution in [1.82, 2.24) is 0 Å². The maximum Gasteiger partial charge on any atom is 0.238 e. The lowest BCUT2D eigenvalue weighted by atomic mass is 10.3. The molecule has 0 fully saturated rings. The van der Waals surface area contributed by atoms with Gasteiger partial charge in [-0.2, -0.15) is 0 Å². The van der Waals surface area contributed by atoms with Crippen LogP contribution in [0.3, 0.4) is 0 Å². The van der Waals surface area contributed by atoms with E-state index in [1.54, 1.807) is 6.92 Å². The zero-order valence-corrected chi connectivity index (χ0v) is 15.0. The summed E-state index contributed by atoms with van der Waals surface area (Å²) in [6.07, 6.45) is -0.335. The van der Waals surface area contributed by atoms with Crippen LogP contribution in [-0.4, -0.2) is 29.5 Å². The molecular weight excluding hydrogens is 368 g/mol. The van der Waals surface area contributed by atoms with Gasteiger partial charge in [0.1, 0.15) is 24.2 Å². The van der Waals surface area contributed by atoms with Gasteiger partial charge >= 0.3 is 0 Å². The van der Waals surface area contributed by atoms with Crippen LogP contribution >= 0.6 is 0 Å². The average Bonchev–Trinajstić information content (AvgIpc) is 2.52. The number of nitrogens with two attached hydrogens (primary N) is 2. The maximum atomic E-state index is 11.2. The molecule has 2 aromatic rings. The molecule has 1 atom stereocenters. The summed E-state index contributed by atoms with van der Waals surface area (Å²) >= 11 is 0. The quantitative estimate of drug-likeness (QED) is 0.722. The van der Waals surface area contributed by atoms with E-state index in [0.29, 0.717) is 11.5 Å². The summed E-state index contributed by atoms with van der Waals surface area (Å²) in [4.78, 5) is -0.00204. The number of hydrogen-bond donors (Lipinski definition) is 2. The van der Waals surface area contributed by atoms with E-state index in [9.17, 15) is 16.8 Å². The molecule has 0 amide bonds. The van der Waals surface area contributed by atoms with Crippen molar-refractivity contribution in [1.29, 1.82) is 0 Å². The summed E-state index contributed by atoms with van der Waals surface area (Å²) in [7, 11) is -7.48. The fraction of sp³-hybridized carbons (Fsp3) is 0.200. The Morgan fingerprint density at radius 3 is 1.60 bits per heavy atom. The van der Waals surface area contributed by atoms with Gasteiger partial charge in [0.25, 0.3) is 0 Å². The van der Waals surface area contributed by atoms with Crippen LogP contribution in [0.5, 0.6) is 11.5 Å². The lowest BCUT2D eigenvalue weighted by Gasteiger charge is -2.16. The van der Waals surface area contributed by atoms with Gasteiger partial charge in [0.05, 0.1) is 9.79 Å². The minimum Gasteiger partial charge on any atom is -0.490 e. The van der Waals surface area contributed by atoms with Gasteiger partial charge in [-0.25, -0.2) is 27.1 Å². The highest BCUT2D eigenvalue weighted by molar-refractivity contribution is 7.89. The van der Waals surface area contributed by atoms with Crippen molar-refractivity contribution < 1.29 is 26.3 Å². The van der Waals surface area contributed by atoms with Crippen LogP contribution in [0.15, 0.2) is 58.3 Å². The lowest BCUT2D eigenvalue weighted by Crippen LogP contribution is -2.21. The number of primary sulfonamides is 2. The van der Waals surface area contributed by atoms with Gasteiger partial charge in [0, 0.05) is 0 Å². The van der Waals surface area contributed by atoms with Crippen molar-refractivity contribution in [2.45, 2.75) is 22.8 Å². The number of hydrogen-bond acceptors (Lipinski definition) is 6. The third-order valence-corrected chi connectivity index (χ3v) is 4.98. The Labute approximate surface area is 146 Å². The Hall–Kier alpha value is -2.14. The topological polar surface area (TPSA) is 139 Å². The van der Waals surface area contributed by atoms with Gasteiger partial charge in [-0.1, -0.05) is 0 Å². The Morgan fingerprint density at radius 2 is 1.20 bits per heavy atom. The standard InChI is InChI=1S/C15H18N2O6S2/c1-11(23-13-4-8-15(9-5-13)25(17,20)21)10-22-12-2-6-14(7-3-12)24(16,18)19/h2-9,11H,10H2,1H3,(H2,16,18,19)(H2,17,20,21). The monoisotopic (exact) mass is 386 g/mol. The highest BCUT2D eigenvalue weighted by atomic mass is 32.2. The average molecular weight is 386 g/mol. The van der Waals surface area contributed by atoms with Gasteiger partial charge in [-0.05, 0) is 55.5 Å². The summed E-state index contributed by atoms with van der Waals surface area (Å²) in [5.41, 5.74) is 0. The van der Waals surface area contributed by atoms with E-state index in [0.717, 1.165) is 0 Å². The molecule has 0 aliphatic carbocycles. The van der Waals surface area contributed by atoms with E-state index in [2.05, 4.69) is 0 Å². The van der Waals surface area contributed by atoms with Crippen LogP contribution < -0.4 is 19.8 Å². The molecule has 0 heterocycles. The smallest absolute Gasteiger partial charge is 0.238 e. The number of sulfonamides is 2. The Kier molecular flexibility index (Phi) is 5.68. The molecule has 0 aliphatic rings. The van der Waals surface area contributed by atoms with Crippen molar-refractivity contribution in [3.05, 3.63) is 48.5 Å². The zero-order chi connectivity index (χ0) is 18.7. The SMILES string of the molecule is CC(COc1ccc(S(N)(=O)=O)cc1)Oc1ccc(S(N)(=O)=O)cc1. The second-order valence-corrected chi connectivity index (χ2v) is 8.40. The van der Waals surface area contributed by atoms with E-state index in [-0.39, 0.29) is 22.5 Å². The van der Waals surface area contributed by atoms with Gasteiger partial charge < -0.3 is 9.47 Å². The molecule has 0 radical (unpaired) electrons. The largest absolute Gasteiger partial charge is 0.490 e. The number of rotatable bonds is 7. The highest BCUT2D eigenvalue weighted by Gasteiger charge is 2.10. The number of ether oxygens (including phenoxy) is 2. The molecule has 0 saturated carbocycles. The minimum absolute atomic E-state index is 0.000839. The second kappa shape index (κ2) is 7.40. The van der Waals surface area contributed by atoms with E-state index in [1.807, 2.05) is 0 Å². The zero-order valence-electron chi connectivity index (χ0n) is 13.3. The molecule has 2 rings (SSSR count). The molecule has 4 N–H and O–H groups in total. The molecule has 0 aromatic heterocycles. The van der Waals surface area contributed by atoms with Crippen LogP contribution in [0.1, 0.15) is 6.92 Å². The first kappa shape index (κ1) is 19.2. The minimum atomic E-state index is -3.74.